The second kappa shape index (κ2) is 8.29. The first-order chi connectivity index (χ1) is 8.66. The average Bonchev–Trinajstić information content (AvgIpc) is 2.24. The lowest BCUT2D eigenvalue weighted by molar-refractivity contribution is -0.162. The molecule has 0 amide bonds. The lowest BCUT2D eigenvalue weighted by Gasteiger charge is -2.30. The summed E-state index contributed by atoms with van der Waals surface area (Å²) in [6, 6.07) is 0. The highest BCUT2D eigenvalue weighted by Gasteiger charge is 2.34. The average molecular weight is 329 g/mol. The molecule has 0 aromatic rings. The molecule has 2 nitrogen and oxygen atoms in total. The molecule has 1 saturated heterocycles. The molecule has 1 fully saturated rings. The molecule has 1 aliphatic rings. The molecule has 20 heavy (non-hydrogen) atoms. The molecule has 0 aromatic carbocycles. The lowest BCUT2D eigenvalue weighted by Crippen LogP contribution is -2.41. The molecule has 1 aliphatic heterocycles. The van der Waals surface area contributed by atoms with Crippen molar-refractivity contribution in [1.82, 2.24) is 10.2 Å². The Morgan fingerprint density at radius 3 is 1.95 bits per heavy atom. The van der Waals surface area contributed by atoms with Crippen molar-refractivity contribution in [3.05, 3.63) is 0 Å². The topological polar surface area (TPSA) is 15.3 Å². The third-order valence-corrected chi connectivity index (χ3v) is 3.09. The van der Waals surface area contributed by atoms with Gasteiger partial charge in [-0.2, -0.15) is 26.3 Å². The fourth-order valence-corrected chi connectivity index (χ4v) is 2.20. The van der Waals surface area contributed by atoms with Gasteiger partial charge in [-0.05, 0) is 31.8 Å². The van der Waals surface area contributed by atoms with E-state index in [2.05, 4.69) is 5.32 Å². The molecule has 0 aliphatic carbocycles. The third kappa shape index (κ3) is 9.66. The van der Waals surface area contributed by atoms with Gasteiger partial charge < -0.3 is 5.32 Å². The molecule has 0 saturated carbocycles. The summed E-state index contributed by atoms with van der Waals surface area (Å²) in [6.45, 7) is -0.356. The highest BCUT2D eigenvalue weighted by atomic mass is 35.5. The van der Waals surface area contributed by atoms with E-state index in [1.54, 1.807) is 0 Å². The van der Waals surface area contributed by atoms with Gasteiger partial charge in [0.15, 0.2) is 0 Å². The van der Waals surface area contributed by atoms with Crippen LogP contribution in [-0.2, 0) is 0 Å². The molecule has 0 radical (unpaired) electrons. The van der Waals surface area contributed by atoms with Gasteiger partial charge in [-0.1, -0.05) is 0 Å². The van der Waals surface area contributed by atoms with Crippen LogP contribution in [0.1, 0.15) is 19.3 Å². The van der Waals surface area contributed by atoms with Gasteiger partial charge in [0.25, 0.3) is 0 Å². The van der Waals surface area contributed by atoms with E-state index in [0.29, 0.717) is 25.9 Å². The maximum absolute atomic E-state index is 12.3. The van der Waals surface area contributed by atoms with Crippen LogP contribution in [-0.4, -0.2) is 50.0 Å². The van der Waals surface area contributed by atoms with Crippen LogP contribution in [0.15, 0.2) is 0 Å². The Hall–Kier alpha value is -0.210. The Kier molecular flexibility index (Phi) is 8.20. The fraction of sp³-hybridized carbons (Fsp3) is 1.00. The number of hydrogen-bond donors (Lipinski definition) is 1. The van der Waals surface area contributed by atoms with Crippen LogP contribution < -0.4 is 5.32 Å². The minimum Gasteiger partial charge on any atom is -0.317 e. The fourth-order valence-electron chi connectivity index (χ4n) is 2.20. The van der Waals surface area contributed by atoms with Gasteiger partial charge in [0, 0.05) is 13.1 Å². The minimum absolute atomic E-state index is 0. The van der Waals surface area contributed by atoms with E-state index in [-0.39, 0.29) is 24.9 Å². The maximum Gasteiger partial charge on any atom is 0.401 e. The summed E-state index contributed by atoms with van der Waals surface area (Å²) in [5, 5.41) is 3.07. The molecule has 0 unspecified atom stereocenters. The summed E-state index contributed by atoms with van der Waals surface area (Å²) in [6.07, 6.45) is -8.66. The van der Waals surface area contributed by atoms with Gasteiger partial charge in [-0.25, -0.2) is 0 Å². The first-order valence-electron chi connectivity index (χ1n) is 6.22. The van der Waals surface area contributed by atoms with Crippen LogP contribution in [0.5, 0.6) is 0 Å². The zero-order chi connectivity index (χ0) is 14.5. The number of nitrogens with zero attached hydrogens (tertiary/aromatic N) is 1. The van der Waals surface area contributed by atoms with Crippen molar-refractivity contribution in [1.29, 1.82) is 0 Å². The standard InChI is InChI=1S/C11H18F6N2.ClH/c12-10(13,14)3-6-19(8-11(15,16)17)7-9-1-4-18-5-2-9;/h9,18H,1-8H2;1H. The summed E-state index contributed by atoms with van der Waals surface area (Å²) < 4.78 is 73.4. The van der Waals surface area contributed by atoms with Gasteiger partial charge in [0.2, 0.25) is 0 Å². The largest absolute Gasteiger partial charge is 0.401 e. The minimum atomic E-state index is -4.46. The number of nitrogens with one attached hydrogen (secondary N) is 1. The number of piperidine rings is 1. The first-order valence-corrected chi connectivity index (χ1v) is 6.22. The second-order valence-corrected chi connectivity index (χ2v) is 4.91. The van der Waals surface area contributed by atoms with Crippen LogP contribution in [0.4, 0.5) is 26.3 Å². The van der Waals surface area contributed by atoms with Crippen molar-refractivity contribution in [2.24, 2.45) is 5.92 Å². The van der Waals surface area contributed by atoms with Crippen LogP contribution in [0.2, 0.25) is 0 Å². The number of halogens is 7. The summed E-state index contributed by atoms with van der Waals surface area (Å²) in [7, 11) is 0. The molecule has 1 N–H and O–H groups in total. The molecule has 122 valence electrons. The van der Waals surface area contributed by atoms with Crippen LogP contribution in [0, 0.1) is 5.92 Å². The Balaban J connectivity index is 0.00000361. The van der Waals surface area contributed by atoms with Gasteiger partial charge in [-0.3, -0.25) is 4.90 Å². The van der Waals surface area contributed by atoms with E-state index in [1.165, 1.54) is 0 Å². The number of rotatable bonds is 5. The van der Waals surface area contributed by atoms with Crippen molar-refractivity contribution in [2.75, 3.05) is 32.7 Å². The molecular formula is C11H19ClF6N2. The molecule has 0 aromatic heterocycles. The lowest BCUT2D eigenvalue weighted by atomic mass is 9.97. The predicted octanol–water partition coefficient (Wildman–Crippen LogP) is 3.22. The Morgan fingerprint density at radius 1 is 0.950 bits per heavy atom. The summed E-state index contributed by atoms with van der Waals surface area (Å²) in [5.41, 5.74) is 0. The van der Waals surface area contributed by atoms with E-state index < -0.39 is 31.9 Å². The van der Waals surface area contributed by atoms with Crippen LogP contribution in [0.3, 0.4) is 0 Å². The Morgan fingerprint density at radius 2 is 1.50 bits per heavy atom. The van der Waals surface area contributed by atoms with Crippen LogP contribution >= 0.6 is 12.4 Å². The molecule has 1 heterocycles. The summed E-state index contributed by atoms with van der Waals surface area (Å²) >= 11 is 0. The number of alkyl halides is 6. The monoisotopic (exact) mass is 328 g/mol. The predicted molar refractivity (Wildman–Crippen MR) is 66.0 cm³/mol. The van der Waals surface area contributed by atoms with Gasteiger partial charge in [0.05, 0.1) is 13.0 Å². The maximum atomic E-state index is 12.3. The van der Waals surface area contributed by atoms with E-state index >= 15 is 0 Å². The molecule has 0 atom stereocenters. The van der Waals surface area contributed by atoms with E-state index in [4.69, 9.17) is 0 Å². The normalized spacial score (nSPS) is 18.1. The van der Waals surface area contributed by atoms with E-state index in [0.717, 1.165) is 4.90 Å². The van der Waals surface area contributed by atoms with Crippen molar-refractivity contribution < 1.29 is 26.3 Å². The van der Waals surface area contributed by atoms with Gasteiger partial charge in [-0.15, -0.1) is 12.4 Å². The molecule has 0 bridgehead atoms. The van der Waals surface area contributed by atoms with Crippen molar-refractivity contribution in [3.8, 4) is 0 Å². The zero-order valence-corrected chi connectivity index (χ0v) is 11.7. The molecule has 9 heteroatoms. The molecular weight excluding hydrogens is 310 g/mol. The van der Waals surface area contributed by atoms with Gasteiger partial charge in [0.1, 0.15) is 0 Å². The quantitative estimate of drug-likeness (QED) is 0.780. The van der Waals surface area contributed by atoms with Crippen molar-refractivity contribution in [2.45, 2.75) is 31.6 Å². The third-order valence-electron chi connectivity index (χ3n) is 3.09. The second-order valence-electron chi connectivity index (χ2n) is 4.91. The van der Waals surface area contributed by atoms with Crippen LogP contribution in [0.25, 0.3) is 0 Å². The molecule has 0 spiro atoms. The Labute approximate surface area is 120 Å². The van der Waals surface area contributed by atoms with Gasteiger partial charge >= 0.3 is 12.4 Å². The SMILES string of the molecule is Cl.FC(F)(F)CCN(CC1CCNCC1)CC(F)(F)F. The highest BCUT2D eigenvalue weighted by Crippen LogP contribution is 2.24. The summed E-state index contributed by atoms with van der Waals surface area (Å²) in [4.78, 5) is 0.878. The zero-order valence-electron chi connectivity index (χ0n) is 10.9. The van der Waals surface area contributed by atoms with E-state index in [9.17, 15) is 26.3 Å². The Bertz CT molecular complexity index is 263. The van der Waals surface area contributed by atoms with Crippen molar-refractivity contribution in [3.63, 3.8) is 0 Å². The smallest absolute Gasteiger partial charge is 0.317 e. The first kappa shape index (κ1) is 19.8. The van der Waals surface area contributed by atoms with E-state index in [1.807, 2.05) is 0 Å². The van der Waals surface area contributed by atoms with Crippen molar-refractivity contribution >= 4 is 12.4 Å². The highest BCUT2D eigenvalue weighted by molar-refractivity contribution is 5.85. The number of hydrogen-bond acceptors (Lipinski definition) is 2. The molecule has 1 rings (SSSR count). The summed E-state index contributed by atoms with van der Waals surface area (Å²) in [5.74, 6) is 0.0387.